The fourth-order valence-corrected chi connectivity index (χ4v) is 2.48. The highest BCUT2D eigenvalue weighted by atomic mass is 19.1. The molecule has 3 rings (SSSR count). The van der Waals surface area contributed by atoms with Gasteiger partial charge in [0.25, 0.3) is 0 Å². The van der Waals surface area contributed by atoms with E-state index in [4.69, 9.17) is 4.42 Å². The Labute approximate surface area is 111 Å². The van der Waals surface area contributed by atoms with Crippen molar-refractivity contribution in [1.29, 1.82) is 0 Å². The summed E-state index contributed by atoms with van der Waals surface area (Å²) in [6.45, 7) is 1.63. The number of nitrogens with zero attached hydrogens (tertiary/aromatic N) is 1. The standard InChI is InChI=1S/C15H16FNO2/c16-12-3-1-11(2-4-12)15-14(7-10-19-15)17-8-5-13(18)6-9-17/h1-4,7,10,13,18H,5-6,8-9H2. The maximum atomic E-state index is 13.0. The lowest BCUT2D eigenvalue weighted by Gasteiger charge is -2.31. The van der Waals surface area contributed by atoms with Crippen LogP contribution in [-0.4, -0.2) is 24.3 Å². The van der Waals surface area contributed by atoms with Crippen molar-refractivity contribution in [3.8, 4) is 11.3 Å². The third-order valence-corrected chi connectivity index (χ3v) is 3.56. The monoisotopic (exact) mass is 261 g/mol. The highest BCUT2D eigenvalue weighted by Crippen LogP contribution is 2.33. The molecular formula is C15H16FNO2. The van der Waals surface area contributed by atoms with E-state index in [0.717, 1.165) is 42.9 Å². The van der Waals surface area contributed by atoms with Crippen LogP contribution in [-0.2, 0) is 0 Å². The van der Waals surface area contributed by atoms with Gasteiger partial charge in [0, 0.05) is 24.7 Å². The van der Waals surface area contributed by atoms with Crippen molar-refractivity contribution < 1.29 is 13.9 Å². The average Bonchev–Trinajstić information content (AvgIpc) is 2.90. The maximum absolute atomic E-state index is 13.0. The molecule has 1 saturated heterocycles. The maximum Gasteiger partial charge on any atom is 0.157 e. The number of aliphatic hydroxyl groups excluding tert-OH is 1. The second-order valence-electron chi connectivity index (χ2n) is 4.86. The first-order valence-corrected chi connectivity index (χ1v) is 6.50. The molecule has 1 aromatic carbocycles. The Morgan fingerprint density at radius 1 is 1.11 bits per heavy atom. The van der Waals surface area contributed by atoms with E-state index in [1.165, 1.54) is 12.1 Å². The molecule has 1 N–H and O–H groups in total. The van der Waals surface area contributed by atoms with Crippen LogP contribution in [0.4, 0.5) is 10.1 Å². The Balaban J connectivity index is 1.88. The fourth-order valence-electron chi connectivity index (χ4n) is 2.48. The summed E-state index contributed by atoms with van der Waals surface area (Å²) in [5.74, 6) is 0.509. The number of anilines is 1. The molecule has 2 heterocycles. The van der Waals surface area contributed by atoms with E-state index in [1.807, 2.05) is 6.07 Å². The minimum atomic E-state index is -0.252. The van der Waals surface area contributed by atoms with Crippen LogP contribution in [0.5, 0.6) is 0 Å². The molecule has 100 valence electrons. The third kappa shape index (κ3) is 2.49. The van der Waals surface area contributed by atoms with Crippen LogP contribution in [0.25, 0.3) is 11.3 Å². The summed E-state index contributed by atoms with van der Waals surface area (Å²) in [5.41, 5.74) is 1.88. The van der Waals surface area contributed by atoms with E-state index in [0.29, 0.717) is 0 Å². The molecule has 0 radical (unpaired) electrons. The summed E-state index contributed by atoms with van der Waals surface area (Å²) in [7, 11) is 0. The van der Waals surface area contributed by atoms with Crippen molar-refractivity contribution in [2.45, 2.75) is 18.9 Å². The van der Waals surface area contributed by atoms with Crippen LogP contribution in [0.2, 0.25) is 0 Å². The summed E-state index contributed by atoms with van der Waals surface area (Å²) >= 11 is 0. The van der Waals surface area contributed by atoms with Crippen LogP contribution in [0.3, 0.4) is 0 Å². The molecule has 4 heteroatoms. The highest BCUT2D eigenvalue weighted by molar-refractivity contribution is 5.73. The first-order valence-electron chi connectivity index (χ1n) is 6.50. The Morgan fingerprint density at radius 2 is 1.79 bits per heavy atom. The van der Waals surface area contributed by atoms with Crippen molar-refractivity contribution in [1.82, 2.24) is 0 Å². The molecule has 3 nitrogen and oxygen atoms in total. The summed E-state index contributed by atoms with van der Waals surface area (Å²) in [6, 6.07) is 8.23. The van der Waals surface area contributed by atoms with Gasteiger partial charge in [0.2, 0.25) is 0 Å². The molecule has 2 aromatic rings. The third-order valence-electron chi connectivity index (χ3n) is 3.56. The molecular weight excluding hydrogens is 245 g/mol. The summed E-state index contributed by atoms with van der Waals surface area (Å²) < 4.78 is 18.5. The van der Waals surface area contributed by atoms with Crippen molar-refractivity contribution in [2.24, 2.45) is 0 Å². The smallest absolute Gasteiger partial charge is 0.157 e. The molecule has 1 aliphatic rings. The molecule has 0 amide bonds. The number of rotatable bonds is 2. The summed E-state index contributed by atoms with van der Waals surface area (Å²) in [5, 5.41) is 9.55. The second kappa shape index (κ2) is 5.05. The zero-order valence-corrected chi connectivity index (χ0v) is 10.6. The molecule has 19 heavy (non-hydrogen) atoms. The fraction of sp³-hybridized carbons (Fsp3) is 0.333. The van der Waals surface area contributed by atoms with Gasteiger partial charge in [0.15, 0.2) is 5.76 Å². The summed E-state index contributed by atoms with van der Waals surface area (Å²) in [4.78, 5) is 2.20. The number of piperidine rings is 1. The summed E-state index contributed by atoms with van der Waals surface area (Å²) in [6.07, 6.45) is 3.00. The molecule has 0 spiro atoms. The van der Waals surface area contributed by atoms with Gasteiger partial charge in [-0.25, -0.2) is 4.39 Å². The van der Waals surface area contributed by atoms with Gasteiger partial charge in [-0.2, -0.15) is 0 Å². The molecule has 0 bridgehead atoms. The Hall–Kier alpha value is -1.81. The van der Waals surface area contributed by atoms with Gasteiger partial charge in [-0.05, 0) is 37.1 Å². The Kier molecular flexibility index (Phi) is 3.25. The van der Waals surface area contributed by atoms with Crippen molar-refractivity contribution >= 4 is 5.69 Å². The van der Waals surface area contributed by atoms with E-state index >= 15 is 0 Å². The lowest BCUT2D eigenvalue weighted by Crippen LogP contribution is -2.35. The van der Waals surface area contributed by atoms with Gasteiger partial charge in [-0.1, -0.05) is 0 Å². The van der Waals surface area contributed by atoms with Gasteiger partial charge >= 0.3 is 0 Å². The molecule has 1 aliphatic heterocycles. The molecule has 0 aliphatic carbocycles. The Bertz CT molecular complexity index is 542. The predicted octanol–water partition coefficient (Wildman–Crippen LogP) is 3.05. The molecule has 0 saturated carbocycles. The topological polar surface area (TPSA) is 36.6 Å². The lowest BCUT2D eigenvalue weighted by atomic mass is 10.1. The highest BCUT2D eigenvalue weighted by Gasteiger charge is 2.21. The normalized spacial score (nSPS) is 16.8. The first kappa shape index (κ1) is 12.2. The number of aliphatic hydroxyl groups is 1. The first-order chi connectivity index (χ1) is 9.24. The van der Waals surface area contributed by atoms with Gasteiger partial charge < -0.3 is 14.4 Å². The average molecular weight is 261 g/mol. The Morgan fingerprint density at radius 3 is 2.47 bits per heavy atom. The number of benzene rings is 1. The zero-order valence-electron chi connectivity index (χ0n) is 10.6. The second-order valence-corrected chi connectivity index (χ2v) is 4.86. The molecule has 1 aromatic heterocycles. The van der Waals surface area contributed by atoms with Gasteiger partial charge in [-0.15, -0.1) is 0 Å². The van der Waals surface area contributed by atoms with E-state index in [2.05, 4.69) is 4.90 Å². The molecule has 0 atom stereocenters. The molecule has 0 unspecified atom stereocenters. The van der Waals surface area contributed by atoms with E-state index < -0.39 is 0 Å². The van der Waals surface area contributed by atoms with Gasteiger partial charge in [-0.3, -0.25) is 0 Å². The number of hydrogen-bond donors (Lipinski definition) is 1. The van der Waals surface area contributed by atoms with E-state index in [1.54, 1.807) is 18.4 Å². The SMILES string of the molecule is OC1CCN(c2ccoc2-c2ccc(F)cc2)CC1. The quantitative estimate of drug-likeness (QED) is 0.902. The number of halogens is 1. The lowest BCUT2D eigenvalue weighted by molar-refractivity contribution is 0.145. The van der Waals surface area contributed by atoms with Crippen molar-refractivity contribution in [2.75, 3.05) is 18.0 Å². The van der Waals surface area contributed by atoms with Crippen LogP contribution in [0.15, 0.2) is 41.0 Å². The number of hydrogen-bond acceptors (Lipinski definition) is 3. The van der Waals surface area contributed by atoms with Gasteiger partial charge in [0.05, 0.1) is 18.1 Å². The minimum Gasteiger partial charge on any atom is -0.462 e. The van der Waals surface area contributed by atoms with Crippen LogP contribution in [0.1, 0.15) is 12.8 Å². The van der Waals surface area contributed by atoms with Crippen molar-refractivity contribution in [3.63, 3.8) is 0 Å². The van der Waals surface area contributed by atoms with Crippen LogP contribution in [0, 0.1) is 5.82 Å². The van der Waals surface area contributed by atoms with Crippen molar-refractivity contribution in [3.05, 3.63) is 42.4 Å². The molecule has 1 fully saturated rings. The predicted molar refractivity (Wildman–Crippen MR) is 71.6 cm³/mol. The zero-order chi connectivity index (χ0) is 13.2. The minimum absolute atomic E-state index is 0.197. The number of furan rings is 1. The van der Waals surface area contributed by atoms with Crippen LogP contribution < -0.4 is 4.90 Å². The van der Waals surface area contributed by atoms with Gasteiger partial charge in [0.1, 0.15) is 5.82 Å². The van der Waals surface area contributed by atoms with E-state index in [9.17, 15) is 9.50 Å². The van der Waals surface area contributed by atoms with E-state index in [-0.39, 0.29) is 11.9 Å². The van der Waals surface area contributed by atoms with Crippen LogP contribution >= 0.6 is 0 Å². The largest absolute Gasteiger partial charge is 0.462 e.